The molecule has 3 aromatic rings. The third-order valence-electron chi connectivity index (χ3n) is 5.98. The number of Topliss-reactive ketones (excluding diaryl/α,β-unsaturated/α-hetero) is 1. The van der Waals surface area contributed by atoms with Gasteiger partial charge in [0.05, 0.1) is 5.69 Å². The number of aryl methyl sites for hydroxylation is 2. The summed E-state index contributed by atoms with van der Waals surface area (Å²) < 4.78 is 2.06. The lowest BCUT2D eigenvalue weighted by Crippen LogP contribution is -2.43. The molecule has 29 heavy (non-hydrogen) atoms. The van der Waals surface area contributed by atoms with Crippen molar-refractivity contribution in [1.82, 2.24) is 14.7 Å². The van der Waals surface area contributed by atoms with Crippen molar-refractivity contribution < 1.29 is 4.79 Å². The van der Waals surface area contributed by atoms with Crippen molar-refractivity contribution in [3.8, 4) is 0 Å². The second kappa shape index (κ2) is 7.16. The Hall–Kier alpha value is -2.92. The first kappa shape index (κ1) is 18.1. The van der Waals surface area contributed by atoms with Gasteiger partial charge in [-0.15, -0.1) is 0 Å². The van der Waals surface area contributed by atoms with E-state index in [0.717, 1.165) is 60.6 Å². The fourth-order valence-corrected chi connectivity index (χ4v) is 4.44. The summed E-state index contributed by atoms with van der Waals surface area (Å²) in [7, 11) is 0. The SMILES string of the molecule is CCc1cc(C)cn2cc(C3=Cc4ccc(N5CCNCC5)cc4CC3=O)nc12. The molecule has 0 amide bonds. The largest absolute Gasteiger partial charge is 0.369 e. The van der Waals surface area contributed by atoms with Gasteiger partial charge in [0.15, 0.2) is 5.78 Å². The van der Waals surface area contributed by atoms with Gasteiger partial charge in [-0.2, -0.15) is 0 Å². The van der Waals surface area contributed by atoms with Crippen LogP contribution in [0.4, 0.5) is 5.69 Å². The molecule has 1 aliphatic heterocycles. The summed E-state index contributed by atoms with van der Waals surface area (Å²) >= 11 is 0. The molecule has 1 saturated heterocycles. The molecule has 2 aromatic heterocycles. The van der Waals surface area contributed by atoms with Crippen molar-refractivity contribution in [2.75, 3.05) is 31.1 Å². The van der Waals surface area contributed by atoms with E-state index in [-0.39, 0.29) is 5.78 Å². The van der Waals surface area contributed by atoms with Crippen molar-refractivity contribution in [3.63, 3.8) is 0 Å². The Kier molecular flexibility index (Phi) is 4.47. The van der Waals surface area contributed by atoms with E-state index in [1.807, 2.05) is 12.3 Å². The fourth-order valence-electron chi connectivity index (χ4n) is 4.44. The number of hydrogen-bond acceptors (Lipinski definition) is 4. The summed E-state index contributed by atoms with van der Waals surface area (Å²) in [6, 6.07) is 8.69. The number of carbonyl (C=O) groups is 1. The van der Waals surface area contributed by atoms with Gasteiger partial charge in [0.1, 0.15) is 5.65 Å². The Labute approximate surface area is 171 Å². The zero-order valence-electron chi connectivity index (χ0n) is 17.0. The van der Waals surface area contributed by atoms with E-state index in [0.29, 0.717) is 6.42 Å². The average molecular weight is 386 g/mol. The number of ketones is 1. The highest BCUT2D eigenvalue weighted by molar-refractivity contribution is 6.27. The van der Waals surface area contributed by atoms with E-state index < -0.39 is 0 Å². The first-order chi connectivity index (χ1) is 14.1. The molecule has 5 rings (SSSR count). The van der Waals surface area contributed by atoms with Crippen LogP contribution in [-0.2, 0) is 17.6 Å². The summed E-state index contributed by atoms with van der Waals surface area (Å²) in [6.45, 7) is 8.26. The molecule has 1 fully saturated rings. The van der Waals surface area contributed by atoms with Gasteiger partial charge in [-0.3, -0.25) is 4.79 Å². The molecule has 5 nitrogen and oxygen atoms in total. The van der Waals surface area contributed by atoms with Crippen molar-refractivity contribution in [1.29, 1.82) is 0 Å². The van der Waals surface area contributed by atoms with Gasteiger partial charge in [0, 0.05) is 56.3 Å². The molecule has 1 aromatic carbocycles. The number of anilines is 1. The number of allylic oxidation sites excluding steroid dienone is 1. The molecule has 0 spiro atoms. The van der Waals surface area contributed by atoms with E-state index in [1.165, 1.54) is 16.8 Å². The van der Waals surface area contributed by atoms with E-state index >= 15 is 0 Å². The van der Waals surface area contributed by atoms with E-state index in [9.17, 15) is 4.79 Å². The van der Waals surface area contributed by atoms with Crippen LogP contribution in [0.3, 0.4) is 0 Å². The number of imidazole rings is 1. The smallest absolute Gasteiger partial charge is 0.169 e. The van der Waals surface area contributed by atoms with Gasteiger partial charge in [-0.1, -0.05) is 19.1 Å². The van der Waals surface area contributed by atoms with E-state index in [1.54, 1.807) is 0 Å². The van der Waals surface area contributed by atoms with Crippen LogP contribution in [0.2, 0.25) is 0 Å². The molecule has 148 valence electrons. The highest BCUT2D eigenvalue weighted by Gasteiger charge is 2.23. The van der Waals surface area contributed by atoms with Crippen LogP contribution in [0.1, 0.15) is 34.9 Å². The number of rotatable bonds is 3. The Morgan fingerprint density at radius 1 is 1.14 bits per heavy atom. The number of benzene rings is 1. The maximum absolute atomic E-state index is 13.0. The predicted molar refractivity (Wildman–Crippen MR) is 117 cm³/mol. The predicted octanol–water partition coefficient (Wildman–Crippen LogP) is 3.28. The third-order valence-corrected chi connectivity index (χ3v) is 5.98. The van der Waals surface area contributed by atoms with Crippen LogP contribution in [0.25, 0.3) is 17.3 Å². The van der Waals surface area contributed by atoms with Gasteiger partial charge >= 0.3 is 0 Å². The molecule has 0 atom stereocenters. The maximum atomic E-state index is 13.0. The number of pyridine rings is 1. The summed E-state index contributed by atoms with van der Waals surface area (Å²) in [4.78, 5) is 20.2. The van der Waals surface area contributed by atoms with Crippen LogP contribution < -0.4 is 10.2 Å². The van der Waals surface area contributed by atoms with Gasteiger partial charge in [0.2, 0.25) is 0 Å². The molecular weight excluding hydrogens is 360 g/mol. The maximum Gasteiger partial charge on any atom is 0.169 e. The first-order valence-corrected chi connectivity index (χ1v) is 10.4. The standard InChI is InChI=1S/C24H26N4O/c1-3-17-10-16(2)14-28-15-22(26-24(17)28)21-12-18-4-5-20(11-19(18)13-23(21)29)27-8-6-25-7-9-27/h4-5,10-12,14-15,25H,3,6-9,13H2,1-2H3. The van der Waals surface area contributed by atoms with Gasteiger partial charge in [-0.25, -0.2) is 4.98 Å². The number of nitrogens with zero attached hydrogens (tertiary/aromatic N) is 3. The van der Waals surface area contributed by atoms with Crippen LogP contribution in [0, 0.1) is 6.92 Å². The monoisotopic (exact) mass is 386 g/mol. The summed E-state index contributed by atoms with van der Waals surface area (Å²) in [5, 5.41) is 3.39. The fraction of sp³-hybridized carbons (Fsp3) is 0.333. The van der Waals surface area contributed by atoms with E-state index in [4.69, 9.17) is 4.98 Å². The normalized spacial score (nSPS) is 16.8. The minimum atomic E-state index is 0.146. The summed E-state index contributed by atoms with van der Waals surface area (Å²) in [5.41, 5.74) is 8.30. The van der Waals surface area contributed by atoms with Crippen LogP contribution in [0.5, 0.6) is 0 Å². The number of carbonyl (C=O) groups excluding carboxylic acids is 1. The molecule has 0 bridgehead atoms. The van der Waals surface area contributed by atoms with Crippen molar-refractivity contribution in [2.45, 2.75) is 26.7 Å². The number of fused-ring (bicyclic) bond motifs is 2. The summed E-state index contributed by atoms with van der Waals surface area (Å²) in [5.74, 6) is 0.146. The summed E-state index contributed by atoms with van der Waals surface area (Å²) in [6.07, 6.45) is 7.45. The number of piperazine rings is 1. The van der Waals surface area contributed by atoms with Gasteiger partial charge < -0.3 is 14.6 Å². The van der Waals surface area contributed by atoms with Gasteiger partial charge in [0.25, 0.3) is 0 Å². The van der Waals surface area contributed by atoms with E-state index in [2.05, 4.69) is 58.9 Å². The Morgan fingerprint density at radius 2 is 1.97 bits per heavy atom. The highest BCUT2D eigenvalue weighted by Crippen LogP contribution is 2.31. The molecule has 0 unspecified atom stereocenters. The van der Waals surface area contributed by atoms with Crippen LogP contribution >= 0.6 is 0 Å². The van der Waals surface area contributed by atoms with Crippen LogP contribution in [-0.4, -0.2) is 41.3 Å². The molecule has 1 aliphatic carbocycles. The molecule has 0 radical (unpaired) electrons. The Morgan fingerprint density at radius 3 is 2.76 bits per heavy atom. The van der Waals surface area contributed by atoms with Gasteiger partial charge in [-0.05, 0) is 53.8 Å². The Bertz CT molecular complexity index is 1140. The zero-order valence-corrected chi connectivity index (χ0v) is 17.0. The second-order valence-electron chi connectivity index (χ2n) is 8.03. The number of hydrogen-bond donors (Lipinski definition) is 1. The minimum absolute atomic E-state index is 0.146. The lowest BCUT2D eigenvalue weighted by atomic mass is 9.89. The Balaban J connectivity index is 1.53. The van der Waals surface area contributed by atoms with Crippen molar-refractivity contribution >= 4 is 28.8 Å². The molecule has 0 saturated carbocycles. The second-order valence-corrected chi connectivity index (χ2v) is 8.03. The number of aromatic nitrogens is 2. The highest BCUT2D eigenvalue weighted by atomic mass is 16.1. The lowest BCUT2D eigenvalue weighted by molar-refractivity contribution is -0.113. The molecule has 3 heterocycles. The van der Waals surface area contributed by atoms with Crippen LogP contribution in [0.15, 0.2) is 36.7 Å². The first-order valence-electron chi connectivity index (χ1n) is 10.4. The molecule has 5 heteroatoms. The molecule has 2 aliphatic rings. The lowest BCUT2D eigenvalue weighted by Gasteiger charge is -2.30. The topological polar surface area (TPSA) is 49.6 Å². The average Bonchev–Trinajstić information content (AvgIpc) is 3.16. The molecule has 1 N–H and O–H groups in total. The number of nitrogens with one attached hydrogen (secondary N) is 1. The minimum Gasteiger partial charge on any atom is -0.369 e. The molecular formula is C24H26N4O. The van der Waals surface area contributed by atoms with Crippen molar-refractivity contribution in [2.24, 2.45) is 0 Å². The quantitative estimate of drug-likeness (QED) is 0.751. The zero-order chi connectivity index (χ0) is 20.0. The van der Waals surface area contributed by atoms with Crippen molar-refractivity contribution in [3.05, 3.63) is 64.6 Å². The third kappa shape index (κ3) is 3.25.